The number of hydrogen-bond donors (Lipinski definition) is 0. The molecule has 0 aromatic carbocycles. The summed E-state index contributed by atoms with van der Waals surface area (Å²) in [6.07, 6.45) is 0. The zero-order valence-electron chi connectivity index (χ0n) is 5.26. The Labute approximate surface area is 67.6 Å². The Kier molecular flexibility index (Phi) is 3.28. The molecule has 0 saturated carbocycles. The largest absolute Gasteiger partial charge is 0.0555 e. The Balaban J connectivity index is 4.03. The van der Waals surface area contributed by atoms with Crippen molar-refractivity contribution in [3.05, 3.63) is 9.47 Å². The average molecular weight is 241 g/mol. The summed E-state index contributed by atoms with van der Waals surface area (Å²) in [5.41, 5.74) is 0.184. The first-order chi connectivity index (χ1) is 3.48. The number of rotatable bonds is 0. The third-order valence-corrected chi connectivity index (χ3v) is 3.06. The van der Waals surface area contributed by atoms with Gasteiger partial charge in [-0.05, 0) is 21.3 Å². The van der Waals surface area contributed by atoms with Crippen LogP contribution >= 0.6 is 31.9 Å². The van der Waals surface area contributed by atoms with Crippen LogP contribution in [-0.2, 0) is 0 Å². The van der Waals surface area contributed by atoms with Gasteiger partial charge in [-0.25, -0.2) is 0 Å². The molecule has 0 aromatic rings. The van der Waals surface area contributed by atoms with E-state index >= 15 is 0 Å². The minimum absolute atomic E-state index is 0.184. The van der Waals surface area contributed by atoms with Gasteiger partial charge in [0.05, 0.1) is 0 Å². The molecule has 0 aromatic heterocycles. The number of allylic oxidation sites excluding steroid dienone is 1. The summed E-state index contributed by atoms with van der Waals surface area (Å²) in [7, 11) is 0. The fourth-order valence-electron chi connectivity index (χ4n) is 0.142. The molecule has 8 heavy (non-hydrogen) atoms. The van der Waals surface area contributed by atoms with Crippen LogP contribution in [0.3, 0.4) is 0 Å². The molecule has 0 nitrogen and oxygen atoms in total. The van der Waals surface area contributed by atoms with Crippen molar-refractivity contribution < 1.29 is 0 Å². The van der Waals surface area contributed by atoms with Crippen LogP contribution in [0, 0.1) is 10.4 Å². The molecule has 0 unspecified atom stereocenters. The van der Waals surface area contributed by atoms with Crippen molar-refractivity contribution in [3.8, 4) is 0 Å². The van der Waals surface area contributed by atoms with Crippen molar-refractivity contribution in [1.82, 2.24) is 0 Å². The Morgan fingerprint density at radius 3 is 1.75 bits per heavy atom. The van der Waals surface area contributed by atoms with E-state index in [0.717, 1.165) is 4.48 Å². The molecule has 0 atom stereocenters. The van der Waals surface area contributed by atoms with Gasteiger partial charge in [-0.1, -0.05) is 36.7 Å². The van der Waals surface area contributed by atoms with Gasteiger partial charge in [0, 0.05) is 9.47 Å². The van der Waals surface area contributed by atoms with E-state index in [1.54, 1.807) is 0 Å². The summed E-state index contributed by atoms with van der Waals surface area (Å²) >= 11 is 6.47. The Bertz CT molecular complexity index is 97.6. The third kappa shape index (κ3) is 2.88. The van der Waals surface area contributed by atoms with Gasteiger partial charge in [-0.3, -0.25) is 0 Å². The van der Waals surface area contributed by atoms with Gasteiger partial charge in [-0.15, -0.1) is 0 Å². The van der Waals surface area contributed by atoms with Gasteiger partial charge in [0.25, 0.3) is 0 Å². The molecule has 0 fully saturated rings. The first-order valence-corrected chi connectivity index (χ1v) is 3.96. The maximum atomic E-state index is 3.36. The second kappa shape index (κ2) is 3.02. The van der Waals surface area contributed by atoms with Crippen LogP contribution in [0.15, 0.2) is 4.48 Å². The van der Waals surface area contributed by atoms with E-state index in [-0.39, 0.29) is 5.41 Å². The predicted molar refractivity (Wildman–Crippen MR) is 44.1 cm³/mol. The van der Waals surface area contributed by atoms with Crippen LogP contribution in [0.25, 0.3) is 0 Å². The van der Waals surface area contributed by atoms with Crippen LogP contribution in [0.2, 0.25) is 0 Å². The lowest BCUT2D eigenvalue weighted by atomic mass is 9.98. The maximum absolute atomic E-state index is 3.36. The van der Waals surface area contributed by atoms with Crippen LogP contribution in [-0.4, -0.2) is 0 Å². The molecule has 0 amide bonds. The molecule has 0 bridgehead atoms. The summed E-state index contributed by atoms with van der Waals surface area (Å²) in [5, 5.41) is 0. The second-order valence-corrected chi connectivity index (χ2v) is 3.85. The molecule has 1 radical (unpaired) electrons. The first-order valence-electron chi connectivity index (χ1n) is 2.38. The molecule has 0 saturated heterocycles. The molecular weight excluding hydrogens is 232 g/mol. The van der Waals surface area contributed by atoms with Gasteiger partial charge >= 0.3 is 0 Å². The highest BCUT2D eigenvalue weighted by atomic mass is 79.9. The van der Waals surface area contributed by atoms with E-state index in [0.29, 0.717) is 0 Å². The molecule has 0 aliphatic heterocycles. The lowest BCUT2D eigenvalue weighted by molar-refractivity contribution is 0.536. The molecule has 0 rings (SSSR count). The molecule has 47 valence electrons. The lowest BCUT2D eigenvalue weighted by Gasteiger charge is -2.15. The van der Waals surface area contributed by atoms with E-state index in [9.17, 15) is 0 Å². The maximum Gasteiger partial charge on any atom is 0.0432 e. The summed E-state index contributed by atoms with van der Waals surface area (Å²) in [6.45, 7) is 6.35. The molecule has 0 heterocycles. The van der Waals surface area contributed by atoms with Gasteiger partial charge in [0.2, 0.25) is 0 Å². The average Bonchev–Trinajstić information content (AvgIpc) is 1.62. The van der Waals surface area contributed by atoms with Crippen LogP contribution in [0.1, 0.15) is 20.8 Å². The third-order valence-electron chi connectivity index (χ3n) is 0.741. The minimum atomic E-state index is 0.184. The van der Waals surface area contributed by atoms with Crippen LogP contribution in [0.5, 0.6) is 0 Å². The smallest absolute Gasteiger partial charge is 0.0432 e. The zero-order valence-corrected chi connectivity index (χ0v) is 8.43. The highest BCUT2D eigenvalue weighted by Crippen LogP contribution is 2.30. The molecule has 0 N–H and O–H groups in total. The number of halogens is 2. The minimum Gasteiger partial charge on any atom is -0.0555 e. The van der Waals surface area contributed by atoms with E-state index in [1.807, 2.05) is 0 Å². The Hall–Kier alpha value is 0.700. The Morgan fingerprint density at radius 2 is 1.75 bits per heavy atom. The van der Waals surface area contributed by atoms with Crippen molar-refractivity contribution in [2.24, 2.45) is 5.41 Å². The Morgan fingerprint density at radius 1 is 1.38 bits per heavy atom. The summed E-state index contributed by atoms with van der Waals surface area (Å²) in [6, 6.07) is 0. The van der Waals surface area contributed by atoms with E-state index in [1.165, 1.54) is 0 Å². The van der Waals surface area contributed by atoms with E-state index in [2.05, 4.69) is 57.6 Å². The van der Waals surface area contributed by atoms with Gasteiger partial charge < -0.3 is 0 Å². The number of hydrogen-bond acceptors (Lipinski definition) is 0. The molecule has 2 heteroatoms. The SMILES string of the molecule is CC(C)(C)/C(Br)=[C]\Br. The molecule has 0 aliphatic rings. The quantitative estimate of drug-likeness (QED) is 0.609. The van der Waals surface area contributed by atoms with Gasteiger partial charge in [0.15, 0.2) is 0 Å². The topological polar surface area (TPSA) is 0 Å². The first kappa shape index (κ1) is 8.70. The fourth-order valence-corrected chi connectivity index (χ4v) is 0.736. The van der Waals surface area contributed by atoms with Crippen molar-refractivity contribution in [3.63, 3.8) is 0 Å². The summed E-state index contributed by atoms with van der Waals surface area (Å²) < 4.78 is 1.06. The van der Waals surface area contributed by atoms with E-state index < -0.39 is 0 Å². The highest BCUT2D eigenvalue weighted by Gasteiger charge is 2.12. The monoisotopic (exact) mass is 239 g/mol. The highest BCUT2D eigenvalue weighted by molar-refractivity contribution is 9.13. The summed E-state index contributed by atoms with van der Waals surface area (Å²) in [4.78, 5) is 2.85. The second-order valence-electron chi connectivity index (χ2n) is 2.66. The van der Waals surface area contributed by atoms with E-state index in [4.69, 9.17) is 0 Å². The standard InChI is InChI=1S/C6H9Br2/c1-6(2,3)5(8)4-7/h1-3H3. The lowest BCUT2D eigenvalue weighted by Crippen LogP contribution is -2.03. The fraction of sp³-hybridized carbons (Fsp3) is 0.667. The molecule has 0 aliphatic carbocycles. The molecular formula is C6H9Br2. The van der Waals surface area contributed by atoms with Crippen molar-refractivity contribution in [2.75, 3.05) is 0 Å². The summed E-state index contributed by atoms with van der Waals surface area (Å²) in [5.74, 6) is 0. The van der Waals surface area contributed by atoms with Crippen molar-refractivity contribution in [1.29, 1.82) is 0 Å². The van der Waals surface area contributed by atoms with Crippen molar-refractivity contribution >= 4 is 31.9 Å². The van der Waals surface area contributed by atoms with Gasteiger partial charge in [0.1, 0.15) is 0 Å². The normalized spacial score (nSPS) is 14.4. The van der Waals surface area contributed by atoms with Crippen LogP contribution in [0.4, 0.5) is 0 Å². The molecule has 0 spiro atoms. The predicted octanol–water partition coefficient (Wildman–Crippen LogP) is 3.47. The zero-order chi connectivity index (χ0) is 6.78. The van der Waals surface area contributed by atoms with Gasteiger partial charge in [-0.2, -0.15) is 0 Å². The van der Waals surface area contributed by atoms with Crippen LogP contribution < -0.4 is 0 Å². The van der Waals surface area contributed by atoms with Crippen molar-refractivity contribution in [2.45, 2.75) is 20.8 Å².